The van der Waals surface area contributed by atoms with Gasteiger partial charge in [0.2, 0.25) is 0 Å². The summed E-state index contributed by atoms with van der Waals surface area (Å²) in [4.78, 5) is 0. The third kappa shape index (κ3) is 4.68. The standard InChI is InChI=1S/C13H24ClN3/c1-5-11(2)17-7-6-12(16-17)8-15-10-13(3,4)9-14/h6-7,11,15H,5,8-10H2,1-4H3. The molecule has 0 aliphatic rings. The van der Waals surface area contributed by atoms with Gasteiger partial charge in [0.25, 0.3) is 0 Å². The van der Waals surface area contributed by atoms with Crippen LogP contribution in [-0.4, -0.2) is 22.2 Å². The molecule has 1 aromatic heterocycles. The molecule has 0 bridgehead atoms. The summed E-state index contributed by atoms with van der Waals surface area (Å²) >= 11 is 5.88. The van der Waals surface area contributed by atoms with Crippen molar-refractivity contribution in [3.8, 4) is 0 Å². The monoisotopic (exact) mass is 257 g/mol. The quantitative estimate of drug-likeness (QED) is 0.761. The van der Waals surface area contributed by atoms with Crippen molar-refractivity contribution >= 4 is 11.6 Å². The van der Waals surface area contributed by atoms with Gasteiger partial charge in [0.05, 0.1) is 5.69 Å². The van der Waals surface area contributed by atoms with Crippen LogP contribution in [0.25, 0.3) is 0 Å². The molecule has 1 atom stereocenters. The average Bonchev–Trinajstić information content (AvgIpc) is 2.76. The predicted octanol–water partition coefficient (Wildman–Crippen LogP) is 3.21. The lowest BCUT2D eigenvalue weighted by Crippen LogP contribution is -2.30. The fourth-order valence-electron chi connectivity index (χ4n) is 1.48. The number of rotatable bonds is 7. The van der Waals surface area contributed by atoms with E-state index in [2.05, 4.69) is 50.4 Å². The van der Waals surface area contributed by atoms with E-state index < -0.39 is 0 Å². The number of aromatic nitrogens is 2. The molecule has 1 N–H and O–H groups in total. The first-order chi connectivity index (χ1) is 7.98. The van der Waals surface area contributed by atoms with Crippen molar-refractivity contribution in [1.29, 1.82) is 0 Å². The molecule has 0 saturated carbocycles. The Morgan fingerprint density at radius 2 is 2.24 bits per heavy atom. The van der Waals surface area contributed by atoms with E-state index in [1.54, 1.807) is 0 Å². The minimum Gasteiger partial charge on any atom is -0.311 e. The normalized spacial score (nSPS) is 13.9. The lowest BCUT2D eigenvalue weighted by atomic mass is 9.97. The lowest BCUT2D eigenvalue weighted by molar-refractivity contribution is 0.382. The molecule has 1 rings (SSSR count). The van der Waals surface area contributed by atoms with Crippen LogP contribution in [0.4, 0.5) is 0 Å². The van der Waals surface area contributed by atoms with E-state index in [0.29, 0.717) is 11.9 Å². The first kappa shape index (κ1) is 14.5. The molecular formula is C13H24ClN3. The SMILES string of the molecule is CCC(C)n1ccc(CNCC(C)(C)CCl)n1. The first-order valence-electron chi connectivity index (χ1n) is 6.29. The maximum absolute atomic E-state index is 5.88. The van der Waals surface area contributed by atoms with Crippen LogP contribution < -0.4 is 5.32 Å². The molecule has 98 valence electrons. The van der Waals surface area contributed by atoms with Crippen LogP contribution in [0.15, 0.2) is 12.3 Å². The van der Waals surface area contributed by atoms with Crippen molar-refractivity contribution in [2.75, 3.05) is 12.4 Å². The van der Waals surface area contributed by atoms with Crippen LogP contribution in [0, 0.1) is 5.41 Å². The number of hydrogen-bond donors (Lipinski definition) is 1. The summed E-state index contributed by atoms with van der Waals surface area (Å²) in [6.07, 6.45) is 3.16. The lowest BCUT2D eigenvalue weighted by Gasteiger charge is -2.21. The summed E-state index contributed by atoms with van der Waals surface area (Å²) in [6.45, 7) is 10.4. The van der Waals surface area contributed by atoms with Crippen LogP contribution in [0.3, 0.4) is 0 Å². The van der Waals surface area contributed by atoms with Gasteiger partial charge in [-0.3, -0.25) is 4.68 Å². The van der Waals surface area contributed by atoms with Gasteiger partial charge < -0.3 is 5.32 Å². The Bertz CT molecular complexity index is 333. The molecule has 3 nitrogen and oxygen atoms in total. The zero-order chi connectivity index (χ0) is 12.9. The molecule has 1 unspecified atom stereocenters. The molecule has 0 aromatic carbocycles. The van der Waals surface area contributed by atoms with Gasteiger partial charge in [-0.15, -0.1) is 11.6 Å². The van der Waals surface area contributed by atoms with Gasteiger partial charge in [0.15, 0.2) is 0 Å². The van der Waals surface area contributed by atoms with E-state index in [1.165, 1.54) is 0 Å². The topological polar surface area (TPSA) is 29.9 Å². The van der Waals surface area contributed by atoms with E-state index in [4.69, 9.17) is 11.6 Å². The van der Waals surface area contributed by atoms with Gasteiger partial charge in [-0.1, -0.05) is 20.8 Å². The molecule has 0 aliphatic carbocycles. The average molecular weight is 258 g/mol. The summed E-state index contributed by atoms with van der Waals surface area (Å²) in [5.74, 6) is 0.668. The largest absolute Gasteiger partial charge is 0.311 e. The van der Waals surface area contributed by atoms with Crippen LogP contribution in [-0.2, 0) is 6.54 Å². The highest BCUT2D eigenvalue weighted by Crippen LogP contribution is 2.15. The van der Waals surface area contributed by atoms with Crippen molar-refractivity contribution in [2.45, 2.75) is 46.7 Å². The van der Waals surface area contributed by atoms with E-state index >= 15 is 0 Å². The molecule has 1 heterocycles. The van der Waals surface area contributed by atoms with Gasteiger partial charge in [0, 0.05) is 31.2 Å². The fourth-order valence-corrected chi connectivity index (χ4v) is 1.57. The Hall–Kier alpha value is -0.540. The van der Waals surface area contributed by atoms with Crippen LogP contribution in [0.1, 0.15) is 45.9 Å². The van der Waals surface area contributed by atoms with Gasteiger partial charge >= 0.3 is 0 Å². The summed E-state index contributed by atoms with van der Waals surface area (Å²) in [5, 5.41) is 7.95. The zero-order valence-corrected chi connectivity index (χ0v) is 12.1. The molecule has 0 amide bonds. The van der Waals surface area contributed by atoms with Gasteiger partial charge in [-0.05, 0) is 24.8 Å². The molecule has 0 spiro atoms. The Kier molecular flexibility index (Phi) is 5.47. The van der Waals surface area contributed by atoms with Gasteiger partial charge in [-0.25, -0.2) is 0 Å². The van der Waals surface area contributed by atoms with E-state index in [0.717, 1.165) is 25.2 Å². The van der Waals surface area contributed by atoms with Crippen LogP contribution >= 0.6 is 11.6 Å². The summed E-state index contributed by atoms with van der Waals surface area (Å²) in [5.41, 5.74) is 1.23. The molecule has 17 heavy (non-hydrogen) atoms. The molecule has 4 heteroatoms. The van der Waals surface area contributed by atoms with E-state index in [1.807, 2.05) is 4.68 Å². The van der Waals surface area contributed by atoms with Crippen molar-refractivity contribution < 1.29 is 0 Å². The number of halogens is 1. The summed E-state index contributed by atoms with van der Waals surface area (Å²) in [7, 11) is 0. The Labute approximate surface area is 110 Å². The predicted molar refractivity (Wildman–Crippen MR) is 73.4 cm³/mol. The van der Waals surface area contributed by atoms with E-state index in [-0.39, 0.29) is 5.41 Å². The van der Waals surface area contributed by atoms with Crippen molar-refractivity contribution in [3.63, 3.8) is 0 Å². The maximum atomic E-state index is 5.88. The third-order valence-corrected chi connectivity index (χ3v) is 3.70. The minimum absolute atomic E-state index is 0.140. The Balaban J connectivity index is 2.40. The first-order valence-corrected chi connectivity index (χ1v) is 6.82. The van der Waals surface area contributed by atoms with Gasteiger partial charge in [-0.2, -0.15) is 5.10 Å². The Morgan fingerprint density at radius 1 is 1.53 bits per heavy atom. The molecule has 0 radical (unpaired) electrons. The highest BCUT2D eigenvalue weighted by molar-refractivity contribution is 6.18. The smallest absolute Gasteiger partial charge is 0.0762 e. The maximum Gasteiger partial charge on any atom is 0.0762 e. The Morgan fingerprint density at radius 3 is 2.82 bits per heavy atom. The number of alkyl halides is 1. The highest BCUT2D eigenvalue weighted by atomic mass is 35.5. The fraction of sp³-hybridized carbons (Fsp3) is 0.769. The molecule has 0 saturated heterocycles. The van der Waals surface area contributed by atoms with Crippen molar-refractivity contribution in [3.05, 3.63) is 18.0 Å². The second kappa shape index (κ2) is 6.41. The minimum atomic E-state index is 0.140. The molecule has 1 aromatic rings. The summed E-state index contributed by atoms with van der Waals surface area (Å²) < 4.78 is 2.03. The highest BCUT2D eigenvalue weighted by Gasteiger charge is 2.15. The second-order valence-corrected chi connectivity index (χ2v) is 5.71. The molecular weight excluding hydrogens is 234 g/mol. The molecule has 0 aliphatic heterocycles. The zero-order valence-electron chi connectivity index (χ0n) is 11.3. The van der Waals surface area contributed by atoms with Crippen LogP contribution in [0.2, 0.25) is 0 Å². The third-order valence-electron chi connectivity index (χ3n) is 2.98. The number of hydrogen-bond acceptors (Lipinski definition) is 2. The number of nitrogens with one attached hydrogen (secondary N) is 1. The molecule has 0 fully saturated rings. The summed E-state index contributed by atoms with van der Waals surface area (Å²) in [6, 6.07) is 2.55. The van der Waals surface area contributed by atoms with Gasteiger partial charge in [0.1, 0.15) is 0 Å². The number of nitrogens with zero attached hydrogens (tertiary/aromatic N) is 2. The van der Waals surface area contributed by atoms with Crippen LogP contribution in [0.5, 0.6) is 0 Å². The van der Waals surface area contributed by atoms with Crippen molar-refractivity contribution in [1.82, 2.24) is 15.1 Å². The van der Waals surface area contributed by atoms with E-state index in [9.17, 15) is 0 Å². The second-order valence-electron chi connectivity index (χ2n) is 5.45. The van der Waals surface area contributed by atoms with Crippen molar-refractivity contribution in [2.24, 2.45) is 5.41 Å².